The average molecular weight is 395 g/mol. The first kappa shape index (κ1) is 18.5. The molecule has 3 heterocycles. The van der Waals surface area contributed by atoms with E-state index in [-0.39, 0.29) is 42.9 Å². The number of nitrogens with one attached hydrogen (secondary N) is 1. The van der Waals surface area contributed by atoms with Gasteiger partial charge in [-0.05, 0) is 19.1 Å². The van der Waals surface area contributed by atoms with Gasteiger partial charge in [0.05, 0.1) is 30.7 Å². The van der Waals surface area contributed by atoms with Gasteiger partial charge in [0.15, 0.2) is 0 Å². The molecule has 1 N–H and O–H groups in total. The number of esters is 1. The molecule has 1 aromatic carbocycles. The molecule has 0 spiro atoms. The van der Waals surface area contributed by atoms with E-state index in [0.29, 0.717) is 22.2 Å². The quantitative estimate of drug-likeness (QED) is 0.451. The van der Waals surface area contributed by atoms with Crippen LogP contribution in [0, 0.1) is 6.92 Å². The maximum Gasteiger partial charge on any atom is 0.307 e. The summed E-state index contributed by atoms with van der Waals surface area (Å²) in [7, 11) is 0. The highest BCUT2D eigenvalue weighted by Crippen LogP contribution is 2.05. The predicted molar refractivity (Wildman–Crippen MR) is 101 cm³/mol. The Balaban J connectivity index is 1.36. The Morgan fingerprint density at radius 3 is 2.90 bits per heavy atom. The molecule has 0 unspecified atom stereocenters. The number of benzene rings is 1. The lowest BCUT2D eigenvalue weighted by Crippen LogP contribution is -2.26. The average Bonchev–Trinajstić information content (AvgIpc) is 3.18. The number of nitrogens with zero attached hydrogens (tertiary/aromatic N) is 6. The molecule has 0 saturated carbocycles. The molecular formula is C18H17N7O4. The molecule has 0 aliphatic rings. The molecule has 0 fully saturated rings. The molecule has 4 aromatic rings. The Morgan fingerprint density at radius 1 is 1.21 bits per heavy atom. The summed E-state index contributed by atoms with van der Waals surface area (Å²) < 4.78 is 7.56. The Bertz CT molecular complexity index is 1320. The summed E-state index contributed by atoms with van der Waals surface area (Å²) in [6, 6.07) is 6.87. The number of rotatable bonds is 6. The third kappa shape index (κ3) is 3.61. The minimum Gasteiger partial charge on any atom is -0.465 e. The van der Waals surface area contributed by atoms with Gasteiger partial charge < -0.3 is 4.74 Å². The van der Waals surface area contributed by atoms with Gasteiger partial charge in [0.25, 0.3) is 16.9 Å². The second-order valence-corrected chi connectivity index (χ2v) is 6.36. The number of aromatic amines is 1. The van der Waals surface area contributed by atoms with Crippen LogP contribution < -0.4 is 11.1 Å². The maximum atomic E-state index is 12.4. The molecule has 3 aromatic heterocycles. The van der Waals surface area contributed by atoms with Crippen LogP contribution in [0.3, 0.4) is 0 Å². The van der Waals surface area contributed by atoms with Crippen LogP contribution in [-0.2, 0) is 22.5 Å². The Morgan fingerprint density at radius 2 is 2.03 bits per heavy atom. The van der Waals surface area contributed by atoms with Crippen molar-refractivity contribution in [2.45, 2.75) is 26.3 Å². The molecule has 0 atom stereocenters. The van der Waals surface area contributed by atoms with Crippen LogP contribution in [0.15, 0.2) is 40.2 Å². The number of H-pyrrole nitrogens is 1. The van der Waals surface area contributed by atoms with Crippen LogP contribution in [0.2, 0.25) is 0 Å². The predicted octanol–water partition coefficient (Wildman–Crippen LogP) is 0.00692. The zero-order valence-electron chi connectivity index (χ0n) is 15.5. The zero-order chi connectivity index (χ0) is 20.4. The van der Waals surface area contributed by atoms with Crippen molar-refractivity contribution in [3.05, 3.63) is 62.6 Å². The van der Waals surface area contributed by atoms with E-state index in [0.717, 1.165) is 4.68 Å². The minimum atomic E-state index is -0.500. The van der Waals surface area contributed by atoms with Crippen molar-refractivity contribution in [2.75, 3.05) is 6.61 Å². The van der Waals surface area contributed by atoms with Gasteiger partial charge in [0, 0.05) is 12.0 Å². The monoisotopic (exact) mass is 395 g/mol. The van der Waals surface area contributed by atoms with Gasteiger partial charge in [-0.3, -0.25) is 19.5 Å². The van der Waals surface area contributed by atoms with Crippen molar-refractivity contribution in [1.82, 2.24) is 34.6 Å². The van der Waals surface area contributed by atoms with E-state index < -0.39 is 5.97 Å². The molecule has 0 aliphatic carbocycles. The van der Waals surface area contributed by atoms with Gasteiger partial charge in [0.2, 0.25) is 0 Å². The van der Waals surface area contributed by atoms with Gasteiger partial charge >= 0.3 is 5.97 Å². The molecule has 29 heavy (non-hydrogen) atoms. The van der Waals surface area contributed by atoms with Crippen molar-refractivity contribution in [3.63, 3.8) is 0 Å². The van der Waals surface area contributed by atoms with E-state index in [9.17, 15) is 14.4 Å². The van der Waals surface area contributed by atoms with Gasteiger partial charge in [-0.1, -0.05) is 17.3 Å². The first-order valence-corrected chi connectivity index (χ1v) is 8.94. The number of carbonyl (C=O) groups is 1. The number of ether oxygens (including phenoxy) is 1. The minimum absolute atomic E-state index is 0.0229. The summed E-state index contributed by atoms with van der Waals surface area (Å²) >= 11 is 0. The number of carbonyl (C=O) groups excluding carboxylic acids is 1. The second kappa shape index (κ2) is 7.62. The van der Waals surface area contributed by atoms with E-state index in [4.69, 9.17) is 4.74 Å². The molecule has 0 aliphatic heterocycles. The standard InChI is InChI=1S/C18H17N7O4/c1-11-12(17(28)25-18(21-11)19-10-20-25)7-9-29-15(26)6-8-24-16(27)13-4-2-3-5-14(13)22-23-24/h2-5,10H,6-9H2,1H3,(H,19,20,21). The lowest BCUT2D eigenvalue weighted by Gasteiger charge is -2.07. The summed E-state index contributed by atoms with van der Waals surface area (Å²) in [6.45, 7) is 1.78. The molecule has 4 rings (SSSR count). The van der Waals surface area contributed by atoms with Crippen LogP contribution in [0.25, 0.3) is 16.7 Å². The Kier molecular flexibility index (Phi) is 4.85. The molecule has 0 amide bonds. The maximum absolute atomic E-state index is 12.4. The van der Waals surface area contributed by atoms with E-state index >= 15 is 0 Å². The molecule has 0 bridgehead atoms. The van der Waals surface area contributed by atoms with E-state index in [2.05, 4.69) is 25.4 Å². The highest BCUT2D eigenvalue weighted by atomic mass is 16.5. The summed E-state index contributed by atoms with van der Waals surface area (Å²) in [4.78, 5) is 44.9. The van der Waals surface area contributed by atoms with Gasteiger partial charge in [-0.15, -0.1) is 5.10 Å². The number of aromatic nitrogens is 7. The van der Waals surface area contributed by atoms with E-state index in [1.165, 1.54) is 10.8 Å². The number of aryl methyl sites for hydroxylation is 2. The Hall–Kier alpha value is -3.89. The largest absolute Gasteiger partial charge is 0.465 e. The summed E-state index contributed by atoms with van der Waals surface area (Å²) in [5.74, 6) is -0.213. The van der Waals surface area contributed by atoms with E-state index in [1.54, 1.807) is 31.2 Å². The SMILES string of the molecule is Cc1nc2nc[nH]n2c(=O)c1CCOC(=O)CCn1nnc2ccccc2c1=O. The summed E-state index contributed by atoms with van der Waals surface area (Å²) in [6.07, 6.45) is 1.56. The van der Waals surface area contributed by atoms with Crippen molar-refractivity contribution in [3.8, 4) is 0 Å². The third-order valence-electron chi connectivity index (χ3n) is 4.50. The third-order valence-corrected chi connectivity index (χ3v) is 4.50. The molecular weight excluding hydrogens is 378 g/mol. The fraction of sp³-hybridized carbons (Fsp3) is 0.278. The van der Waals surface area contributed by atoms with Crippen LogP contribution in [0.5, 0.6) is 0 Å². The normalized spacial score (nSPS) is 11.2. The smallest absolute Gasteiger partial charge is 0.307 e. The molecule has 0 radical (unpaired) electrons. The van der Waals surface area contributed by atoms with Crippen LogP contribution in [0.1, 0.15) is 17.7 Å². The van der Waals surface area contributed by atoms with Gasteiger partial charge in [-0.25, -0.2) is 14.6 Å². The highest BCUT2D eigenvalue weighted by molar-refractivity contribution is 5.76. The van der Waals surface area contributed by atoms with Crippen molar-refractivity contribution in [2.24, 2.45) is 0 Å². The van der Waals surface area contributed by atoms with Crippen molar-refractivity contribution < 1.29 is 9.53 Å². The first-order valence-electron chi connectivity index (χ1n) is 8.94. The number of fused-ring (bicyclic) bond motifs is 2. The second-order valence-electron chi connectivity index (χ2n) is 6.36. The number of hydrogen-bond donors (Lipinski definition) is 1. The topological polar surface area (TPSA) is 137 Å². The van der Waals surface area contributed by atoms with Crippen molar-refractivity contribution in [1.29, 1.82) is 0 Å². The van der Waals surface area contributed by atoms with E-state index in [1.807, 2.05) is 0 Å². The summed E-state index contributed by atoms with van der Waals surface area (Å²) in [5, 5.41) is 10.9. The molecule has 11 nitrogen and oxygen atoms in total. The highest BCUT2D eigenvalue weighted by Gasteiger charge is 2.13. The van der Waals surface area contributed by atoms with Crippen molar-refractivity contribution >= 4 is 22.6 Å². The zero-order valence-corrected chi connectivity index (χ0v) is 15.5. The first-order chi connectivity index (χ1) is 14.0. The molecule has 11 heteroatoms. The fourth-order valence-electron chi connectivity index (χ4n) is 2.99. The van der Waals surface area contributed by atoms with Crippen LogP contribution in [0.4, 0.5) is 0 Å². The van der Waals surface area contributed by atoms with Crippen LogP contribution in [-0.4, -0.2) is 47.2 Å². The number of hydrogen-bond acceptors (Lipinski definition) is 8. The fourth-order valence-corrected chi connectivity index (χ4v) is 2.99. The lowest BCUT2D eigenvalue weighted by atomic mass is 10.2. The van der Waals surface area contributed by atoms with Gasteiger partial charge in [0.1, 0.15) is 11.8 Å². The Labute approximate surface area is 163 Å². The van der Waals surface area contributed by atoms with Gasteiger partial charge in [-0.2, -0.15) is 4.52 Å². The summed E-state index contributed by atoms with van der Waals surface area (Å²) in [5.41, 5.74) is 0.887. The molecule has 148 valence electrons. The van der Waals surface area contributed by atoms with Crippen LogP contribution >= 0.6 is 0 Å². The molecule has 0 saturated heterocycles. The lowest BCUT2D eigenvalue weighted by molar-refractivity contribution is -0.143.